The molecule has 0 aliphatic carbocycles. The molecule has 0 bridgehead atoms. The van der Waals surface area contributed by atoms with E-state index in [0.717, 1.165) is 16.7 Å². The van der Waals surface area contributed by atoms with Gasteiger partial charge >= 0.3 is 0 Å². The normalized spacial score (nSPS) is 10.5. The molecular formula is C8H11BrN2. The molecule has 0 atom stereocenters. The van der Waals surface area contributed by atoms with Crippen molar-refractivity contribution in [1.29, 1.82) is 0 Å². The van der Waals surface area contributed by atoms with Crippen LogP contribution in [0.2, 0.25) is 0 Å². The van der Waals surface area contributed by atoms with E-state index in [2.05, 4.69) is 39.7 Å². The Morgan fingerprint density at radius 2 is 2.09 bits per heavy atom. The van der Waals surface area contributed by atoms with Gasteiger partial charge in [-0.2, -0.15) is 0 Å². The molecule has 11 heavy (non-hydrogen) atoms. The molecule has 1 aromatic heterocycles. The van der Waals surface area contributed by atoms with Gasteiger partial charge in [-0.25, -0.2) is 4.98 Å². The van der Waals surface area contributed by atoms with E-state index in [4.69, 9.17) is 0 Å². The third-order valence-corrected chi connectivity index (χ3v) is 1.70. The van der Waals surface area contributed by atoms with Crippen molar-refractivity contribution >= 4 is 15.9 Å². The Balaban J connectivity index is 2.66. The van der Waals surface area contributed by atoms with E-state index in [9.17, 15) is 0 Å². The van der Waals surface area contributed by atoms with Crippen LogP contribution in [0.3, 0.4) is 0 Å². The van der Waals surface area contributed by atoms with Crippen LogP contribution in [0.15, 0.2) is 17.0 Å². The van der Waals surface area contributed by atoms with Crippen molar-refractivity contribution in [3.05, 3.63) is 22.7 Å². The minimum Gasteiger partial charge on any atom is -0.257 e. The molecular weight excluding hydrogens is 204 g/mol. The molecule has 0 aromatic carbocycles. The number of rotatable bonds is 2. The predicted octanol–water partition coefficient (Wildman–Crippen LogP) is 2.44. The lowest BCUT2D eigenvalue weighted by atomic mass is 10.1. The molecule has 0 amide bonds. The van der Waals surface area contributed by atoms with Crippen LogP contribution in [0, 0.1) is 5.92 Å². The van der Waals surface area contributed by atoms with Crippen LogP contribution in [0.25, 0.3) is 0 Å². The average molecular weight is 215 g/mol. The van der Waals surface area contributed by atoms with E-state index in [1.54, 1.807) is 6.20 Å². The van der Waals surface area contributed by atoms with E-state index in [1.165, 1.54) is 0 Å². The molecule has 1 heterocycles. The lowest BCUT2D eigenvalue weighted by Crippen LogP contribution is -1.97. The molecule has 0 radical (unpaired) electrons. The van der Waals surface area contributed by atoms with Gasteiger partial charge in [0.05, 0.1) is 11.9 Å². The van der Waals surface area contributed by atoms with Gasteiger partial charge in [-0.15, -0.1) is 0 Å². The molecule has 1 rings (SSSR count). The number of hydrogen-bond acceptors (Lipinski definition) is 2. The number of aromatic nitrogens is 2. The van der Waals surface area contributed by atoms with Crippen LogP contribution < -0.4 is 0 Å². The summed E-state index contributed by atoms with van der Waals surface area (Å²) in [5, 5.41) is 0. The first kappa shape index (κ1) is 8.65. The summed E-state index contributed by atoms with van der Waals surface area (Å²) in [6, 6.07) is 0. The smallest absolute Gasteiger partial charge is 0.124 e. The van der Waals surface area contributed by atoms with E-state index in [0.29, 0.717) is 5.92 Å². The highest BCUT2D eigenvalue weighted by Gasteiger charge is 1.98. The van der Waals surface area contributed by atoms with Gasteiger partial charge in [0.2, 0.25) is 0 Å². The minimum absolute atomic E-state index is 0.644. The monoisotopic (exact) mass is 214 g/mol. The standard InChI is InChI=1S/C8H11BrN2/c1-6(2)3-7-4-11-8(9)5-10-7/h4-6H,3H2,1-2H3. The van der Waals surface area contributed by atoms with Crippen LogP contribution in [-0.4, -0.2) is 9.97 Å². The molecule has 0 unspecified atom stereocenters. The van der Waals surface area contributed by atoms with Crippen molar-refractivity contribution in [3.8, 4) is 0 Å². The zero-order valence-electron chi connectivity index (χ0n) is 6.71. The Labute approximate surface area is 75.2 Å². The number of nitrogens with zero attached hydrogens (tertiary/aromatic N) is 2. The Morgan fingerprint density at radius 3 is 2.55 bits per heavy atom. The van der Waals surface area contributed by atoms with Crippen molar-refractivity contribution in [3.63, 3.8) is 0 Å². The van der Waals surface area contributed by atoms with Crippen molar-refractivity contribution < 1.29 is 0 Å². The van der Waals surface area contributed by atoms with E-state index in [1.807, 2.05) is 6.20 Å². The Bertz CT molecular complexity index is 218. The molecule has 0 saturated heterocycles. The highest BCUT2D eigenvalue weighted by molar-refractivity contribution is 9.10. The van der Waals surface area contributed by atoms with E-state index >= 15 is 0 Å². The quantitative estimate of drug-likeness (QED) is 0.757. The first-order chi connectivity index (χ1) is 5.18. The zero-order chi connectivity index (χ0) is 8.27. The SMILES string of the molecule is CC(C)Cc1cnc(Br)cn1. The second-order valence-electron chi connectivity index (χ2n) is 2.93. The molecule has 0 N–H and O–H groups in total. The summed E-state index contributed by atoms with van der Waals surface area (Å²) < 4.78 is 0.796. The minimum atomic E-state index is 0.644. The molecule has 60 valence electrons. The molecule has 0 spiro atoms. The summed E-state index contributed by atoms with van der Waals surface area (Å²) in [7, 11) is 0. The third-order valence-electron chi connectivity index (χ3n) is 1.29. The Morgan fingerprint density at radius 1 is 1.36 bits per heavy atom. The summed E-state index contributed by atoms with van der Waals surface area (Å²) in [6.45, 7) is 4.34. The molecule has 2 nitrogen and oxygen atoms in total. The van der Waals surface area contributed by atoms with Gasteiger partial charge < -0.3 is 0 Å². The molecule has 0 saturated carbocycles. The van der Waals surface area contributed by atoms with Gasteiger partial charge in [0.25, 0.3) is 0 Å². The Hall–Kier alpha value is -0.440. The summed E-state index contributed by atoms with van der Waals surface area (Å²) >= 11 is 3.24. The van der Waals surface area contributed by atoms with Crippen LogP contribution >= 0.6 is 15.9 Å². The lowest BCUT2D eigenvalue weighted by Gasteiger charge is -2.01. The van der Waals surface area contributed by atoms with Crippen LogP contribution in [0.5, 0.6) is 0 Å². The molecule has 1 aromatic rings. The predicted molar refractivity (Wildman–Crippen MR) is 48.3 cm³/mol. The maximum atomic E-state index is 4.21. The van der Waals surface area contributed by atoms with Crippen molar-refractivity contribution in [1.82, 2.24) is 9.97 Å². The van der Waals surface area contributed by atoms with Crippen LogP contribution in [0.4, 0.5) is 0 Å². The van der Waals surface area contributed by atoms with Gasteiger partial charge in [-0.3, -0.25) is 4.98 Å². The molecule has 0 aliphatic heterocycles. The van der Waals surface area contributed by atoms with Gasteiger partial charge in [0, 0.05) is 6.20 Å². The largest absolute Gasteiger partial charge is 0.257 e. The van der Waals surface area contributed by atoms with Crippen molar-refractivity contribution in [2.75, 3.05) is 0 Å². The summed E-state index contributed by atoms with van der Waals surface area (Å²) in [4.78, 5) is 8.30. The molecule has 3 heteroatoms. The number of hydrogen-bond donors (Lipinski definition) is 0. The summed E-state index contributed by atoms with van der Waals surface area (Å²) in [5.41, 5.74) is 1.06. The van der Waals surface area contributed by atoms with Crippen LogP contribution in [-0.2, 0) is 6.42 Å². The highest BCUT2D eigenvalue weighted by atomic mass is 79.9. The fourth-order valence-corrected chi connectivity index (χ4v) is 1.07. The second kappa shape index (κ2) is 3.81. The average Bonchev–Trinajstić information content (AvgIpc) is 1.93. The zero-order valence-corrected chi connectivity index (χ0v) is 8.30. The first-order valence-electron chi connectivity index (χ1n) is 3.65. The van der Waals surface area contributed by atoms with Gasteiger partial charge in [0.15, 0.2) is 0 Å². The van der Waals surface area contributed by atoms with Crippen LogP contribution in [0.1, 0.15) is 19.5 Å². The van der Waals surface area contributed by atoms with Crippen molar-refractivity contribution in [2.24, 2.45) is 5.92 Å². The summed E-state index contributed by atoms with van der Waals surface area (Å²) in [5.74, 6) is 0.644. The summed E-state index contributed by atoms with van der Waals surface area (Å²) in [6.07, 6.45) is 4.54. The topological polar surface area (TPSA) is 25.8 Å². The van der Waals surface area contributed by atoms with Crippen molar-refractivity contribution in [2.45, 2.75) is 20.3 Å². The van der Waals surface area contributed by atoms with Gasteiger partial charge in [-0.05, 0) is 28.3 Å². The maximum absolute atomic E-state index is 4.21. The van der Waals surface area contributed by atoms with Gasteiger partial charge in [-0.1, -0.05) is 13.8 Å². The van der Waals surface area contributed by atoms with E-state index < -0.39 is 0 Å². The Kier molecular flexibility index (Phi) is 3.00. The van der Waals surface area contributed by atoms with Gasteiger partial charge in [0.1, 0.15) is 4.60 Å². The maximum Gasteiger partial charge on any atom is 0.124 e. The molecule has 0 fully saturated rings. The number of halogens is 1. The third kappa shape index (κ3) is 2.97. The highest BCUT2D eigenvalue weighted by Crippen LogP contribution is 2.06. The fourth-order valence-electron chi connectivity index (χ4n) is 0.863. The first-order valence-corrected chi connectivity index (χ1v) is 4.44. The molecule has 0 aliphatic rings. The second-order valence-corrected chi connectivity index (χ2v) is 3.74. The fraction of sp³-hybridized carbons (Fsp3) is 0.500. The van der Waals surface area contributed by atoms with E-state index in [-0.39, 0.29) is 0 Å². The lowest BCUT2D eigenvalue weighted by molar-refractivity contribution is 0.632.